The first-order chi connectivity index (χ1) is 11.1. The number of ether oxygens (including phenoxy) is 1. The first-order valence-corrected chi connectivity index (χ1v) is 9.74. The zero-order valence-corrected chi connectivity index (χ0v) is 16.0. The van der Waals surface area contributed by atoms with Gasteiger partial charge in [0.15, 0.2) is 0 Å². The highest BCUT2D eigenvalue weighted by molar-refractivity contribution is 5.68. The van der Waals surface area contributed by atoms with Gasteiger partial charge in [-0.15, -0.1) is 0 Å². The van der Waals surface area contributed by atoms with Gasteiger partial charge in [0.1, 0.15) is 5.76 Å². The minimum Gasteiger partial charge on any atom is -0.431 e. The maximum atomic E-state index is 11.6. The second-order valence-corrected chi connectivity index (χ2v) is 10.1. The highest BCUT2D eigenvalue weighted by atomic mass is 16.5. The van der Waals surface area contributed by atoms with Crippen LogP contribution in [-0.2, 0) is 9.53 Å². The quantitative estimate of drug-likeness (QED) is 0.570. The molecule has 1 spiro atoms. The van der Waals surface area contributed by atoms with Crippen LogP contribution in [0.4, 0.5) is 0 Å². The van der Waals surface area contributed by atoms with Crippen molar-refractivity contribution in [2.24, 2.45) is 27.6 Å². The molecule has 4 rings (SSSR count). The van der Waals surface area contributed by atoms with Crippen molar-refractivity contribution in [1.82, 2.24) is 0 Å². The van der Waals surface area contributed by atoms with E-state index in [4.69, 9.17) is 4.74 Å². The summed E-state index contributed by atoms with van der Waals surface area (Å²) in [4.78, 5) is 11.6. The summed E-state index contributed by atoms with van der Waals surface area (Å²) in [6.07, 6.45) is 13.5. The predicted octanol–water partition coefficient (Wildman–Crippen LogP) is 5.79. The van der Waals surface area contributed by atoms with E-state index in [1.165, 1.54) is 44.6 Å². The number of rotatable bonds is 1. The van der Waals surface area contributed by atoms with Crippen LogP contribution in [0.5, 0.6) is 0 Å². The summed E-state index contributed by atoms with van der Waals surface area (Å²) in [5, 5.41) is 0. The van der Waals surface area contributed by atoms with Gasteiger partial charge in [-0.25, -0.2) is 0 Å². The lowest BCUT2D eigenvalue weighted by atomic mass is 9.41. The fourth-order valence-electron chi connectivity index (χ4n) is 7.14. The largest absolute Gasteiger partial charge is 0.431 e. The first-order valence-electron chi connectivity index (χ1n) is 9.74. The van der Waals surface area contributed by atoms with E-state index in [9.17, 15) is 4.79 Å². The van der Waals surface area contributed by atoms with E-state index in [-0.39, 0.29) is 11.4 Å². The summed E-state index contributed by atoms with van der Waals surface area (Å²) < 4.78 is 5.66. The Morgan fingerprint density at radius 2 is 1.88 bits per heavy atom. The van der Waals surface area contributed by atoms with Crippen molar-refractivity contribution in [2.75, 3.05) is 0 Å². The van der Waals surface area contributed by atoms with E-state index in [2.05, 4.69) is 39.8 Å². The van der Waals surface area contributed by atoms with Gasteiger partial charge in [0.25, 0.3) is 0 Å². The molecule has 4 atom stereocenters. The Morgan fingerprint density at radius 3 is 2.58 bits per heavy atom. The molecule has 0 N–H and O–H groups in total. The molecule has 2 saturated carbocycles. The molecule has 0 aromatic heterocycles. The van der Waals surface area contributed by atoms with E-state index in [0.717, 1.165) is 24.5 Å². The van der Waals surface area contributed by atoms with Gasteiger partial charge in [-0.05, 0) is 66.9 Å². The molecule has 4 aliphatic carbocycles. The van der Waals surface area contributed by atoms with Crippen molar-refractivity contribution >= 4 is 5.97 Å². The molecule has 0 radical (unpaired) electrons. The summed E-state index contributed by atoms with van der Waals surface area (Å²) in [6, 6.07) is 0. The molecule has 132 valence electrons. The minimum absolute atomic E-state index is 0.0372. The Balaban J connectivity index is 1.84. The van der Waals surface area contributed by atoms with Crippen molar-refractivity contribution in [2.45, 2.75) is 79.6 Å². The van der Waals surface area contributed by atoms with Crippen molar-refractivity contribution in [1.29, 1.82) is 0 Å². The Bertz CT molecular complexity index is 655. The van der Waals surface area contributed by atoms with E-state index in [1.54, 1.807) is 0 Å². The smallest absolute Gasteiger partial charge is 0.307 e. The standard InChI is InChI=1S/C22H32O2/c1-15(23)24-18-13-16-7-8-17-19(2,3)9-6-10-21(17,5)22(16)12-11-20(18,4)14-22/h7,13,17H,6,8-12,14H2,1-5H3/t17-,20-,21-,22-/m0/s1. The van der Waals surface area contributed by atoms with Crippen LogP contribution < -0.4 is 0 Å². The molecule has 2 nitrogen and oxygen atoms in total. The Morgan fingerprint density at radius 1 is 1.12 bits per heavy atom. The number of allylic oxidation sites excluding steroid dienone is 4. The van der Waals surface area contributed by atoms with Gasteiger partial charge in [-0.2, -0.15) is 0 Å². The van der Waals surface area contributed by atoms with Crippen molar-refractivity contribution in [3.63, 3.8) is 0 Å². The SMILES string of the molecule is CC(=O)OC1=CC2=CC[C@H]3C(C)(C)CCC[C@]3(C)[C@]23CC[C@@]1(C)C3. The average Bonchev–Trinajstić information content (AvgIpc) is 2.77. The van der Waals surface area contributed by atoms with Gasteiger partial charge >= 0.3 is 5.97 Å². The van der Waals surface area contributed by atoms with E-state index >= 15 is 0 Å². The fourth-order valence-corrected chi connectivity index (χ4v) is 7.14. The maximum absolute atomic E-state index is 11.6. The van der Waals surface area contributed by atoms with Crippen LogP contribution in [-0.4, -0.2) is 5.97 Å². The summed E-state index contributed by atoms with van der Waals surface area (Å²) in [7, 11) is 0. The summed E-state index contributed by atoms with van der Waals surface area (Å²) >= 11 is 0. The molecule has 2 heteroatoms. The van der Waals surface area contributed by atoms with E-state index in [1.807, 2.05) is 0 Å². The molecule has 24 heavy (non-hydrogen) atoms. The van der Waals surface area contributed by atoms with Gasteiger partial charge in [0.2, 0.25) is 0 Å². The maximum Gasteiger partial charge on any atom is 0.307 e. The Kier molecular flexibility index (Phi) is 3.26. The molecular formula is C22H32O2. The van der Waals surface area contributed by atoms with Crippen LogP contribution in [0, 0.1) is 27.6 Å². The Labute approximate surface area is 146 Å². The lowest BCUT2D eigenvalue weighted by molar-refractivity contribution is -0.139. The highest BCUT2D eigenvalue weighted by Crippen LogP contribution is 2.74. The molecule has 0 amide bonds. The fraction of sp³-hybridized carbons (Fsp3) is 0.773. The topological polar surface area (TPSA) is 26.3 Å². The minimum atomic E-state index is -0.179. The van der Waals surface area contributed by atoms with Crippen molar-refractivity contribution < 1.29 is 9.53 Å². The number of carbonyl (C=O) groups is 1. The van der Waals surface area contributed by atoms with Crippen LogP contribution in [0.25, 0.3) is 0 Å². The van der Waals surface area contributed by atoms with Crippen molar-refractivity contribution in [3.05, 3.63) is 23.5 Å². The van der Waals surface area contributed by atoms with Crippen LogP contribution in [0.15, 0.2) is 23.5 Å². The van der Waals surface area contributed by atoms with E-state index < -0.39 is 0 Å². The second-order valence-electron chi connectivity index (χ2n) is 10.1. The molecule has 0 unspecified atom stereocenters. The molecule has 2 bridgehead atoms. The average molecular weight is 328 g/mol. The monoisotopic (exact) mass is 328 g/mol. The molecule has 0 saturated heterocycles. The van der Waals surface area contributed by atoms with Gasteiger partial charge in [0.05, 0.1) is 0 Å². The molecular weight excluding hydrogens is 296 g/mol. The summed E-state index contributed by atoms with van der Waals surface area (Å²) in [5.41, 5.74) is 2.63. The third kappa shape index (κ3) is 1.92. The lowest BCUT2D eigenvalue weighted by Crippen LogP contribution is -2.55. The zero-order valence-electron chi connectivity index (χ0n) is 16.0. The predicted molar refractivity (Wildman–Crippen MR) is 96.2 cm³/mol. The van der Waals surface area contributed by atoms with Gasteiger partial charge < -0.3 is 4.74 Å². The molecule has 2 fully saturated rings. The molecule has 0 aromatic carbocycles. The number of hydrogen-bond donors (Lipinski definition) is 0. The van der Waals surface area contributed by atoms with Gasteiger partial charge in [0, 0.05) is 17.8 Å². The number of fused-ring (bicyclic) bond motifs is 2. The third-order valence-electron chi connectivity index (χ3n) is 8.38. The number of carbonyl (C=O) groups excluding carboxylic acids is 1. The van der Waals surface area contributed by atoms with Crippen LogP contribution >= 0.6 is 0 Å². The molecule has 0 aromatic rings. The van der Waals surface area contributed by atoms with Gasteiger partial charge in [-0.3, -0.25) is 4.79 Å². The van der Waals surface area contributed by atoms with Crippen LogP contribution in [0.2, 0.25) is 0 Å². The molecule has 0 heterocycles. The summed E-state index contributed by atoms with van der Waals surface area (Å²) in [5.74, 6) is 1.51. The van der Waals surface area contributed by atoms with Crippen LogP contribution in [0.3, 0.4) is 0 Å². The highest BCUT2D eigenvalue weighted by Gasteiger charge is 2.66. The zero-order chi connectivity index (χ0) is 17.4. The lowest BCUT2D eigenvalue weighted by Gasteiger charge is -2.63. The normalized spacial score (nSPS) is 45.6. The third-order valence-corrected chi connectivity index (χ3v) is 8.38. The summed E-state index contributed by atoms with van der Waals surface area (Å²) in [6.45, 7) is 11.4. The van der Waals surface area contributed by atoms with Gasteiger partial charge in [-0.1, -0.05) is 40.2 Å². The molecule has 4 aliphatic rings. The molecule has 0 aliphatic heterocycles. The van der Waals surface area contributed by atoms with Crippen LogP contribution in [0.1, 0.15) is 79.6 Å². The number of esters is 1. The second kappa shape index (κ2) is 4.77. The first kappa shape index (κ1) is 16.4. The van der Waals surface area contributed by atoms with Crippen molar-refractivity contribution in [3.8, 4) is 0 Å². The van der Waals surface area contributed by atoms with E-state index in [0.29, 0.717) is 16.2 Å². The Hall–Kier alpha value is -1.05. The number of hydrogen-bond acceptors (Lipinski definition) is 2.